The van der Waals surface area contributed by atoms with E-state index in [0.717, 1.165) is 6.42 Å². The van der Waals surface area contributed by atoms with E-state index in [4.69, 9.17) is 25.8 Å². The van der Waals surface area contributed by atoms with Gasteiger partial charge >= 0.3 is 0 Å². The van der Waals surface area contributed by atoms with Gasteiger partial charge in [0.05, 0.1) is 19.8 Å². The Morgan fingerprint density at radius 1 is 1.03 bits per heavy atom. The Bertz CT molecular complexity index is 899. The average Bonchev–Trinajstić information content (AvgIpc) is 3.31. The second kappa shape index (κ2) is 10.0. The van der Waals surface area contributed by atoms with E-state index in [9.17, 15) is 25.5 Å². The molecular weight excluding hydrogens is 440 g/mol. The Labute approximate surface area is 190 Å². The maximum atomic E-state index is 11.0. The Kier molecular flexibility index (Phi) is 7.34. The lowest BCUT2D eigenvalue weighted by Crippen LogP contribution is -2.55. The molecule has 0 aliphatic carbocycles. The minimum Gasteiger partial charge on any atom is -0.488 e. The summed E-state index contributed by atoms with van der Waals surface area (Å²) in [6.07, 6.45) is -6.60. The Hall–Kier alpha value is -1.75. The fourth-order valence-electron chi connectivity index (χ4n) is 4.03. The molecule has 7 unspecified atom stereocenters. The molecule has 2 aliphatic heterocycles. The Balaban J connectivity index is 1.54. The predicted octanol–water partition coefficient (Wildman–Crippen LogP) is 1.10. The van der Waals surface area contributed by atoms with Gasteiger partial charge in [-0.1, -0.05) is 29.8 Å². The summed E-state index contributed by atoms with van der Waals surface area (Å²) in [6.45, 7) is 0.724. The van der Waals surface area contributed by atoms with Crippen molar-refractivity contribution in [3.05, 3.63) is 64.2 Å². The number of rotatable bonds is 6. The molecule has 2 aliphatic rings. The normalized spacial score (nSPS) is 31.4. The molecule has 2 aromatic carbocycles. The summed E-state index contributed by atoms with van der Waals surface area (Å²) in [5, 5.41) is 51.2. The molecule has 0 bridgehead atoms. The number of halogens is 1. The Morgan fingerprint density at radius 3 is 2.44 bits per heavy atom. The molecule has 32 heavy (non-hydrogen) atoms. The van der Waals surface area contributed by atoms with Gasteiger partial charge in [0.15, 0.2) is 0 Å². The zero-order valence-corrected chi connectivity index (χ0v) is 18.0. The fourth-order valence-corrected chi connectivity index (χ4v) is 4.25. The molecule has 2 heterocycles. The summed E-state index contributed by atoms with van der Waals surface area (Å²) >= 11 is 6.34. The standard InChI is InChI=1S/C23H27ClO8/c24-17-6-3-13(23-22(29)21(28)20(27)18(10-25)32-23)9-16(17)19(26)12-1-4-14(5-2-12)31-15-7-8-30-11-15/h1-6,9,15,18-23,25-29H,7-8,10-11H2. The van der Waals surface area contributed by atoms with Gasteiger partial charge in [0.25, 0.3) is 0 Å². The summed E-state index contributed by atoms with van der Waals surface area (Å²) in [4.78, 5) is 0. The molecule has 2 fully saturated rings. The summed E-state index contributed by atoms with van der Waals surface area (Å²) in [6, 6.07) is 11.8. The van der Waals surface area contributed by atoms with Gasteiger partial charge in [0, 0.05) is 17.0 Å². The van der Waals surface area contributed by atoms with Gasteiger partial charge in [0.2, 0.25) is 0 Å². The molecule has 0 aromatic heterocycles. The third-order valence-corrected chi connectivity index (χ3v) is 6.27. The first-order valence-electron chi connectivity index (χ1n) is 10.5. The van der Waals surface area contributed by atoms with Crippen molar-refractivity contribution >= 4 is 11.6 Å². The maximum Gasteiger partial charge on any atom is 0.124 e. The van der Waals surface area contributed by atoms with Crippen molar-refractivity contribution in [2.75, 3.05) is 19.8 Å². The largest absolute Gasteiger partial charge is 0.488 e. The first-order chi connectivity index (χ1) is 15.4. The molecule has 0 radical (unpaired) electrons. The monoisotopic (exact) mass is 466 g/mol. The molecule has 174 valence electrons. The van der Waals surface area contributed by atoms with Crippen molar-refractivity contribution in [1.29, 1.82) is 0 Å². The highest BCUT2D eigenvalue weighted by atomic mass is 35.5. The highest BCUT2D eigenvalue weighted by molar-refractivity contribution is 6.31. The number of hydrogen-bond donors (Lipinski definition) is 5. The van der Waals surface area contributed by atoms with Crippen LogP contribution in [0.5, 0.6) is 5.75 Å². The van der Waals surface area contributed by atoms with E-state index in [0.29, 0.717) is 40.7 Å². The molecule has 9 heteroatoms. The summed E-state index contributed by atoms with van der Waals surface area (Å²) in [7, 11) is 0. The van der Waals surface area contributed by atoms with Crippen LogP contribution < -0.4 is 4.74 Å². The summed E-state index contributed by atoms with van der Waals surface area (Å²) in [5.74, 6) is 0.678. The molecule has 4 rings (SSSR count). The molecule has 0 saturated carbocycles. The average molecular weight is 467 g/mol. The van der Waals surface area contributed by atoms with E-state index in [1.54, 1.807) is 42.5 Å². The minimum atomic E-state index is -1.49. The topological polar surface area (TPSA) is 129 Å². The van der Waals surface area contributed by atoms with E-state index in [1.165, 1.54) is 0 Å². The fraction of sp³-hybridized carbons (Fsp3) is 0.478. The number of hydrogen-bond acceptors (Lipinski definition) is 8. The van der Waals surface area contributed by atoms with Crippen molar-refractivity contribution in [2.45, 2.75) is 49.1 Å². The number of ether oxygens (including phenoxy) is 3. The van der Waals surface area contributed by atoms with Gasteiger partial charge in [-0.3, -0.25) is 0 Å². The van der Waals surface area contributed by atoms with Crippen LogP contribution in [0.4, 0.5) is 0 Å². The van der Waals surface area contributed by atoms with Gasteiger partial charge in [-0.2, -0.15) is 0 Å². The van der Waals surface area contributed by atoms with Crippen LogP contribution >= 0.6 is 11.6 Å². The van der Waals surface area contributed by atoms with E-state index in [1.807, 2.05) is 0 Å². The van der Waals surface area contributed by atoms with Crippen LogP contribution in [0.25, 0.3) is 0 Å². The summed E-state index contributed by atoms with van der Waals surface area (Å²) < 4.78 is 16.8. The van der Waals surface area contributed by atoms with E-state index in [-0.39, 0.29) is 6.10 Å². The van der Waals surface area contributed by atoms with Gasteiger partial charge in [-0.15, -0.1) is 0 Å². The van der Waals surface area contributed by atoms with E-state index in [2.05, 4.69) is 0 Å². The van der Waals surface area contributed by atoms with E-state index >= 15 is 0 Å². The molecule has 5 N–H and O–H groups in total. The van der Waals surface area contributed by atoms with Gasteiger partial charge in [0.1, 0.15) is 48.5 Å². The molecule has 8 nitrogen and oxygen atoms in total. The molecule has 2 saturated heterocycles. The second-order valence-corrected chi connectivity index (χ2v) is 8.51. The van der Waals surface area contributed by atoms with Crippen LogP contribution in [-0.4, -0.2) is 75.9 Å². The number of aliphatic hydroxyl groups is 5. The molecule has 7 atom stereocenters. The quantitative estimate of drug-likeness (QED) is 0.428. The van der Waals surface area contributed by atoms with Crippen LogP contribution in [0.3, 0.4) is 0 Å². The third kappa shape index (κ3) is 4.78. The summed E-state index contributed by atoms with van der Waals surface area (Å²) in [5.41, 5.74) is 1.42. The third-order valence-electron chi connectivity index (χ3n) is 5.92. The van der Waals surface area contributed by atoms with Gasteiger partial charge < -0.3 is 39.7 Å². The first-order valence-corrected chi connectivity index (χ1v) is 10.9. The van der Waals surface area contributed by atoms with E-state index < -0.39 is 43.2 Å². The number of aliphatic hydroxyl groups excluding tert-OH is 5. The predicted molar refractivity (Wildman–Crippen MR) is 115 cm³/mol. The molecule has 0 spiro atoms. The smallest absolute Gasteiger partial charge is 0.124 e. The van der Waals surface area contributed by atoms with Crippen LogP contribution in [-0.2, 0) is 9.47 Å². The van der Waals surface area contributed by atoms with Crippen LogP contribution in [0.2, 0.25) is 5.02 Å². The molecule has 0 amide bonds. The van der Waals surface area contributed by atoms with Crippen molar-refractivity contribution in [2.24, 2.45) is 0 Å². The van der Waals surface area contributed by atoms with Gasteiger partial charge in [-0.05, 0) is 35.4 Å². The van der Waals surface area contributed by atoms with Crippen molar-refractivity contribution < 1.29 is 39.7 Å². The van der Waals surface area contributed by atoms with Crippen molar-refractivity contribution in [1.82, 2.24) is 0 Å². The van der Waals surface area contributed by atoms with Gasteiger partial charge in [-0.25, -0.2) is 0 Å². The highest BCUT2D eigenvalue weighted by Crippen LogP contribution is 2.36. The maximum absolute atomic E-state index is 11.0. The SMILES string of the molecule is OCC1OC(c2ccc(Cl)c(C(O)c3ccc(OC4CCOC4)cc3)c2)C(O)C(O)C1O. The number of benzene rings is 2. The first kappa shape index (κ1) is 23.4. The second-order valence-electron chi connectivity index (χ2n) is 8.11. The van der Waals surface area contributed by atoms with Crippen molar-refractivity contribution in [3.8, 4) is 5.75 Å². The lowest BCUT2D eigenvalue weighted by Gasteiger charge is -2.40. The van der Waals surface area contributed by atoms with Crippen LogP contribution in [0.15, 0.2) is 42.5 Å². The van der Waals surface area contributed by atoms with Crippen molar-refractivity contribution in [3.63, 3.8) is 0 Å². The Morgan fingerprint density at radius 2 is 1.78 bits per heavy atom. The molecular formula is C23H27ClO8. The lowest BCUT2D eigenvalue weighted by atomic mass is 9.89. The highest BCUT2D eigenvalue weighted by Gasteiger charge is 2.44. The minimum absolute atomic E-state index is 0.0236. The lowest BCUT2D eigenvalue weighted by molar-refractivity contribution is -0.231. The zero-order chi connectivity index (χ0) is 22.8. The molecule has 2 aromatic rings. The van der Waals surface area contributed by atoms with Crippen LogP contribution in [0, 0.1) is 0 Å². The zero-order valence-electron chi connectivity index (χ0n) is 17.3. The van der Waals surface area contributed by atoms with Crippen LogP contribution in [0.1, 0.15) is 35.3 Å².